The van der Waals surface area contributed by atoms with E-state index >= 15 is 0 Å². The summed E-state index contributed by atoms with van der Waals surface area (Å²) in [6.45, 7) is 0. The van der Waals surface area contributed by atoms with Crippen LogP contribution in [0.25, 0.3) is 11.0 Å². The van der Waals surface area contributed by atoms with E-state index in [1.165, 1.54) is 18.3 Å². The Labute approximate surface area is 122 Å². The molecule has 5 heteroatoms. The normalized spacial score (nSPS) is 10.7. The lowest BCUT2D eigenvalue weighted by molar-refractivity contribution is 0.103. The lowest BCUT2D eigenvalue weighted by atomic mass is 10.0. The number of aromatic nitrogens is 2. The van der Waals surface area contributed by atoms with Crippen molar-refractivity contribution in [2.45, 2.75) is 0 Å². The van der Waals surface area contributed by atoms with Crippen molar-refractivity contribution in [2.24, 2.45) is 0 Å². The van der Waals surface area contributed by atoms with Crippen molar-refractivity contribution in [3.05, 3.63) is 70.2 Å². The third kappa shape index (κ3) is 2.20. The van der Waals surface area contributed by atoms with Crippen LogP contribution in [0.2, 0.25) is 0 Å². The van der Waals surface area contributed by atoms with E-state index in [0.29, 0.717) is 21.1 Å². The molecule has 2 aromatic carbocycles. The van der Waals surface area contributed by atoms with Crippen molar-refractivity contribution in [1.29, 1.82) is 0 Å². The van der Waals surface area contributed by atoms with E-state index in [1.54, 1.807) is 30.5 Å². The summed E-state index contributed by atoms with van der Waals surface area (Å²) in [7, 11) is 0. The van der Waals surface area contributed by atoms with Gasteiger partial charge in [0.1, 0.15) is 5.82 Å². The monoisotopic (exact) mass is 330 g/mol. The average molecular weight is 331 g/mol. The molecule has 0 bridgehead atoms. The summed E-state index contributed by atoms with van der Waals surface area (Å²) in [6, 6.07) is 9.37. The number of hydrogen-bond donors (Lipinski definition) is 0. The summed E-state index contributed by atoms with van der Waals surface area (Å²) < 4.78 is 14.5. The Balaban J connectivity index is 2.20. The molecule has 1 heterocycles. The number of para-hydroxylation sites is 1. The number of rotatable bonds is 2. The van der Waals surface area contributed by atoms with E-state index in [1.807, 2.05) is 0 Å². The Bertz CT molecular complexity index is 815. The molecule has 20 heavy (non-hydrogen) atoms. The maximum absolute atomic E-state index is 13.8. The van der Waals surface area contributed by atoms with Crippen LogP contribution in [0, 0.1) is 5.82 Å². The minimum absolute atomic E-state index is 0.0116. The van der Waals surface area contributed by atoms with E-state index in [4.69, 9.17) is 0 Å². The molecule has 0 fully saturated rings. The minimum atomic E-state index is -0.556. The lowest BCUT2D eigenvalue weighted by Crippen LogP contribution is -2.06. The fraction of sp³-hybridized carbons (Fsp3) is 0. The quantitative estimate of drug-likeness (QED) is 0.672. The van der Waals surface area contributed by atoms with Crippen LogP contribution in [0.3, 0.4) is 0 Å². The van der Waals surface area contributed by atoms with Crippen molar-refractivity contribution >= 4 is 32.7 Å². The number of nitrogens with zero attached hydrogens (tertiary/aromatic N) is 2. The first kappa shape index (κ1) is 12.9. The zero-order chi connectivity index (χ0) is 14.1. The molecule has 0 atom stereocenters. The van der Waals surface area contributed by atoms with Crippen LogP contribution in [0.5, 0.6) is 0 Å². The fourth-order valence-electron chi connectivity index (χ4n) is 1.99. The second kappa shape index (κ2) is 5.09. The van der Waals surface area contributed by atoms with Gasteiger partial charge < -0.3 is 0 Å². The van der Waals surface area contributed by atoms with E-state index < -0.39 is 11.6 Å². The van der Waals surface area contributed by atoms with Crippen LogP contribution in [-0.4, -0.2) is 15.8 Å². The van der Waals surface area contributed by atoms with Crippen molar-refractivity contribution < 1.29 is 9.18 Å². The first-order valence-electron chi connectivity index (χ1n) is 5.86. The molecule has 3 rings (SSSR count). The largest absolute Gasteiger partial charge is 0.288 e. The van der Waals surface area contributed by atoms with Crippen molar-refractivity contribution in [2.75, 3.05) is 0 Å². The molecule has 0 amide bonds. The Morgan fingerprint density at radius 3 is 2.70 bits per heavy atom. The van der Waals surface area contributed by atoms with Crippen LogP contribution in [0.4, 0.5) is 4.39 Å². The fourth-order valence-corrected chi connectivity index (χ4v) is 2.35. The highest BCUT2D eigenvalue weighted by Gasteiger charge is 2.17. The molecule has 0 spiro atoms. The van der Waals surface area contributed by atoms with Gasteiger partial charge in [-0.2, -0.15) is 0 Å². The average Bonchev–Trinajstić information content (AvgIpc) is 2.48. The molecule has 0 aliphatic heterocycles. The summed E-state index contributed by atoms with van der Waals surface area (Å²) >= 11 is 3.24. The number of halogens is 2. The molecule has 1 aromatic heterocycles. The van der Waals surface area contributed by atoms with Crippen LogP contribution in [0.15, 0.2) is 53.3 Å². The van der Waals surface area contributed by atoms with Gasteiger partial charge in [0, 0.05) is 16.9 Å². The minimum Gasteiger partial charge on any atom is -0.288 e. The number of carbonyl (C=O) groups excluding carboxylic acids is 1. The second-order valence-electron chi connectivity index (χ2n) is 4.18. The van der Waals surface area contributed by atoms with Gasteiger partial charge in [-0.25, -0.2) is 4.39 Å². The summed E-state index contributed by atoms with van der Waals surface area (Å²) in [5, 5.41) is 0. The van der Waals surface area contributed by atoms with Crippen LogP contribution < -0.4 is 0 Å². The first-order chi connectivity index (χ1) is 9.66. The van der Waals surface area contributed by atoms with Crippen molar-refractivity contribution in [1.82, 2.24) is 9.97 Å². The Hall–Kier alpha value is -2.14. The standard InChI is InChI=1S/C15H8BrFN2O/c16-9-4-5-12(17)11(8-9)15(20)10-2-1-3-13-14(10)19-7-6-18-13/h1-8H. The van der Waals surface area contributed by atoms with Gasteiger partial charge in [-0.05, 0) is 30.3 Å². The molecule has 0 N–H and O–H groups in total. The van der Waals surface area contributed by atoms with Gasteiger partial charge in [-0.3, -0.25) is 14.8 Å². The van der Waals surface area contributed by atoms with E-state index in [9.17, 15) is 9.18 Å². The van der Waals surface area contributed by atoms with Gasteiger partial charge >= 0.3 is 0 Å². The summed E-state index contributed by atoms with van der Waals surface area (Å²) in [6.07, 6.45) is 3.06. The number of benzene rings is 2. The zero-order valence-electron chi connectivity index (χ0n) is 10.2. The second-order valence-corrected chi connectivity index (χ2v) is 5.10. The highest BCUT2D eigenvalue weighted by atomic mass is 79.9. The van der Waals surface area contributed by atoms with Gasteiger partial charge in [0.2, 0.25) is 0 Å². The molecule has 0 aliphatic carbocycles. The summed E-state index contributed by atoms with van der Waals surface area (Å²) in [4.78, 5) is 20.8. The molecule has 3 nitrogen and oxygen atoms in total. The maximum atomic E-state index is 13.8. The maximum Gasteiger partial charge on any atom is 0.198 e. The molecule has 98 valence electrons. The molecule has 0 aliphatic rings. The predicted molar refractivity (Wildman–Crippen MR) is 77.1 cm³/mol. The Kier molecular flexibility index (Phi) is 3.28. The molecular weight excluding hydrogens is 323 g/mol. The van der Waals surface area contributed by atoms with E-state index in [-0.39, 0.29) is 5.56 Å². The molecule has 0 unspecified atom stereocenters. The Morgan fingerprint density at radius 1 is 1.05 bits per heavy atom. The van der Waals surface area contributed by atoms with E-state index in [2.05, 4.69) is 25.9 Å². The molecule has 3 aromatic rings. The summed E-state index contributed by atoms with van der Waals surface area (Å²) in [5.74, 6) is -0.964. The van der Waals surface area contributed by atoms with E-state index in [0.717, 1.165) is 0 Å². The highest BCUT2D eigenvalue weighted by Crippen LogP contribution is 2.22. The number of hydrogen-bond acceptors (Lipinski definition) is 3. The number of carbonyl (C=O) groups is 1. The third-order valence-electron chi connectivity index (χ3n) is 2.92. The smallest absolute Gasteiger partial charge is 0.198 e. The number of ketones is 1. The topological polar surface area (TPSA) is 42.9 Å². The van der Waals surface area contributed by atoms with Gasteiger partial charge in [0.15, 0.2) is 5.78 Å². The van der Waals surface area contributed by atoms with Gasteiger partial charge in [-0.15, -0.1) is 0 Å². The summed E-state index contributed by atoms with van der Waals surface area (Å²) in [5.41, 5.74) is 1.43. The van der Waals surface area contributed by atoms with Gasteiger partial charge in [0.05, 0.1) is 22.2 Å². The van der Waals surface area contributed by atoms with Gasteiger partial charge in [0.25, 0.3) is 0 Å². The third-order valence-corrected chi connectivity index (χ3v) is 3.41. The first-order valence-corrected chi connectivity index (χ1v) is 6.65. The SMILES string of the molecule is O=C(c1cc(Br)ccc1F)c1cccc2nccnc12. The lowest BCUT2D eigenvalue weighted by Gasteiger charge is -2.06. The zero-order valence-corrected chi connectivity index (χ0v) is 11.8. The number of fused-ring (bicyclic) bond motifs is 1. The van der Waals surface area contributed by atoms with Crippen molar-refractivity contribution in [3.8, 4) is 0 Å². The van der Waals surface area contributed by atoms with Crippen molar-refractivity contribution in [3.63, 3.8) is 0 Å². The molecular formula is C15H8BrFN2O. The molecule has 0 saturated carbocycles. The van der Waals surface area contributed by atoms with Crippen LogP contribution in [-0.2, 0) is 0 Å². The molecule has 0 radical (unpaired) electrons. The predicted octanol–water partition coefficient (Wildman–Crippen LogP) is 3.76. The van der Waals surface area contributed by atoms with Gasteiger partial charge in [-0.1, -0.05) is 22.0 Å². The highest BCUT2D eigenvalue weighted by molar-refractivity contribution is 9.10. The molecule has 0 saturated heterocycles. The van der Waals surface area contributed by atoms with Crippen LogP contribution >= 0.6 is 15.9 Å². The Morgan fingerprint density at radius 2 is 1.85 bits per heavy atom. The van der Waals surface area contributed by atoms with Crippen LogP contribution in [0.1, 0.15) is 15.9 Å².